The zero-order valence-corrected chi connectivity index (χ0v) is 13.2. The van der Waals surface area contributed by atoms with Gasteiger partial charge in [0.15, 0.2) is 0 Å². The van der Waals surface area contributed by atoms with E-state index in [9.17, 15) is 4.79 Å². The van der Waals surface area contributed by atoms with Crippen LogP contribution in [0.3, 0.4) is 0 Å². The lowest BCUT2D eigenvalue weighted by Crippen LogP contribution is -2.18. The third-order valence-corrected chi connectivity index (χ3v) is 4.13. The summed E-state index contributed by atoms with van der Waals surface area (Å²) in [5.74, 6) is 0.660. The predicted octanol–water partition coefficient (Wildman–Crippen LogP) is 4.81. The van der Waals surface area contributed by atoms with Crippen molar-refractivity contribution in [2.24, 2.45) is 11.0 Å². The first-order chi connectivity index (χ1) is 9.83. The Morgan fingerprint density at radius 3 is 2.40 bits per heavy atom. The number of hydrogen-bond acceptors (Lipinski definition) is 2. The Balaban J connectivity index is 1.93. The largest absolute Gasteiger partial charge is 0.273 e. The predicted molar refractivity (Wildman–Crippen MR) is 85.8 cm³/mol. The first kappa shape index (κ1) is 17.2. The van der Waals surface area contributed by atoms with Crippen LogP contribution in [0.2, 0.25) is 0 Å². The van der Waals surface area contributed by atoms with Gasteiger partial charge in [-0.3, -0.25) is 4.79 Å². The molecule has 3 nitrogen and oxygen atoms in total. The van der Waals surface area contributed by atoms with Crippen molar-refractivity contribution >= 4 is 12.1 Å². The lowest BCUT2D eigenvalue weighted by molar-refractivity contribution is -0.121. The van der Waals surface area contributed by atoms with Crippen LogP contribution >= 0.6 is 0 Å². The van der Waals surface area contributed by atoms with Gasteiger partial charge in [0.1, 0.15) is 0 Å². The average Bonchev–Trinajstić information content (AvgIpc) is 2.47. The van der Waals surface area contributed by atoms with E-state index in [0.717, 1.165) is 6.42 Å². The quantitative estimate of drug-likeness (QED) is 0.348. The fourth-order valence-corrected chi connectivity index (χ4v) is 2.80. The topological polar surface area (TPSA) is 41.5 Å². The standard InChI is InChI=1S/C17H32N2O/c1-2-3-4-5-6-7-11-14-17(20)19-18-15-16-12-9-8-10-13-16/h15-16H,2-14H2,1H3,(H,19,20)/b18-15+. The first-order valence-electron chi connectivity index (χ1n) is 8.65. The Hall–Kier alpha value is -0.860. The normalized spacial score (nSPS) is 16.6. The second-order valence-electron chi connectivity index (χ2n) is 6.08. The molecule has 0 unspecified atom stereocenters. The average molecular weight is 280 g/mol. The second-order valence-corrected chi connectivity index (χ2v) is 6.08. The minimum Gasteiger partial charge on any atom is -0.273 e. The summed E-state index contributed by atoms with van der Waals surface area (Å²) >= 11 is 0. The molecule has 20 heavy (non-hydrogen) atoms. The van der Waals surface area contributed by atoms with Gasteiger partial charge in [-0.2, -0.15) is 5.10 Å². The molecule has 1 aliphatic rings. The van der Waals surface area contributed by atoms with E-state index in [1.165, 1.54) is 70.6 Å². The number of carbonyl (C=O) groups excluding carboxylic acids is 1. The summed E-state index contributed by atoms with van der Waals surface area (Å²) < 4.78 is 0. The van der Waals surface area contributed by atoms with E-state index < -0.39 is 0 Å². The Morgan fingerprint density at radius 2 is 1.70 bits per heavy atom. The monoisotopic (exact) mass is 280 g/mol. The maximum atomic E-state index is 11.6. The molecule has 0 atom stereocenters. The summed E-state index contributed by atoms with van der Waals surface area (Å²) in [7, 11) is 0. The Morgan fingerprint density at radius 1 is 1.05 bits per heavy atom. The van der Waals surface area contributed by atoms with Crippen LogP contribution in [-0.4, -0.2) is 12.1 Å². The highest BCUT2D eigenvalue weighted by Crippen LogP contribution is 2.21. The van der Waals surface area contributed by atoms with E-state index in [-0.39, 0.29) is 5.91 Å². The molecule has 0 aliphatic heterocycles. The molecule has 3 heteroatoms. The Labute approximate surface area is 124 Å². The summed E-state index contributed by atoms with van der Waals surface area (Å²) in [6.45, 7) is 2.23. The highest BCUT2D eigenvalue weighted by atomic mass is 16.2. The Kier molecular flexibility index (Phi) is 10.3. The summed E-state index contributed by atoms with van der Waals surface area (Å²) in [6, 6.07) is 0. The number of rotatable bonds is 10. The molecule has 1 saturated carbocycles. The molecule has 1 fully saturated rings. The molecule has 116 valence electrons. The van der Waals surface area contributed by atoms with Crippen molar-refractivity contribution in [2.75, 3.05) is 0 Å². The number of hydrogen-bond donors (Lipinski definition) is 1. The van der Waals surface area contributed by atoms with Crippen molar-refractivity contribution in [3.05, 3.63) is 0 Å². The van der Waals surface area contributed by atoms with Crippen molar-refractivity contribution in [1.82, 2.24) is 5.43 Å². The molecular formula is C17H32N2O. The van der Waals surface area contributed by atoms with Crippen LogP contribution in [0.5, 0.6) is 0 Å². The number of nitrogens with zero attached hydrogens (tertiary/aromatic N) is 1. The fraction of sp³-hybridized carbons (Fsp3) is 0.882. The van der Waals surface area contributed by atoms with E-state index in [1.54, 1.807) is 0 Å². The van der Waals surface area contributed by atoms with Crippen molar-refractivity contribution in [1.29, 1.82) is 0 Å². The van der Waals surface area contributed by atoms with Crippen LogP contribution in [0.1, 0.15) is 90.4 Å². The molecule has 0 aromatic carbocycles. The van der Waals surface area contributed by atoms with Crippen LogP contribution in [0.4, 0.5) is 0 Å². The molecule has 1 rings (SSSR count). The summed E-state index contributed by atoms with van der Waals surface area (Å²) in [4.78, 5) is 11.6. The van der Waals surface area contributed by atoms with Crippen LogP contribution < -0.4 is 5.43 Å². The molecule has 0 aromatic rings. The molecule has 1 N–H and O–H groups in total. The van der Waals surface area contributed by atoms with Gasteiger partial charge in [0.25, 0.3) is 0 Å². The third-order valence-electron chi connectivity index (χ3n) is 4.13. The van der Waals surface area contributed by atoms with Gasteiger partial charge in [0, 0.05) is 12.6 Å². The fourth-order valence-electron chi connectivity index (χ4n) is 2.80. The van der Waals surface area contributed by atoms with E-state index in [2.05, 4.69) is 17.5 Å². The zero-order valence-electron chi connectivity index (χ0n) is 13.2. The summed E-state index contributed by atoms with van der Waals surface area (Å²) in [5, 5.41) is 4.11. The summed E-state index contributed by atoms with van der Waals surface area (Å²) in [5.41, 5.74) is 2.67. The van der Waals surface area contributed by atoms with Crippen molar-refractivity contribution in [3.63, 3.8) is 0 Å². The maximum Gasteiger partial charge on any atom is 0.240 e. The van der Waals surface area contributed by atoms with Gasteiger partial charge in [0.05, 0.1) is 0 Å². The molecule has 0 aromatic heterocycles. The molecule has 0 saturated heterocycles. The van der Waals surface area contributed by atoms with Crippen LogP contribution in [0.15, 0.2) is 5.10 Å². The van der Waals surface area contributed by atoms with Gasteiger partial charge < -0.3 is 0 Å². The lowest BCUT2D eigenvalue weighted by Gasteiger charge is -2.16. The minimum absolute atomic E-state index is 0.0746. The van der Waals surface area contributed by atoms with Crippen LogP contribution in [0, 0.1) is 5.92 Å². The van der Waals surface area contributed by atoms with Crippen molar-refractivity contribution in [3.8, 4) is 0 Å². The molecular weight excluding hydrogens is 248 g/mol. The van der Waals surface area contributed by atoms with Gasteiger partial charge in [0.2, 0.25) is 5.91 Å². The third kappa shape index (κ3) is 9.11. The van der Waals surface area contributed by atoms with E-state index in [4.69, 9.17) is 0 Å². The summed E-state index contributed by atoms with van der Waals surface area (Å²) in [6.07, 6.45) is 17.7. The molecule has 0 spiro atoms. The number of nitrogens with one attached hydrogen (secondary N) is 1. The zero-order chi connectivity index (χ0) is 14.5. The van der Waals surface area contributed by atoms with Crippen molar-refractivity contribution < 1.29 is 4.79 Å². The number of carbonyl (C=O) groups is 1. The lowest BCUT2D eigenvalue weighted by atomic mass is 9.90. The van der Waals surface area contributed by atoms with Crippen LogP contribution in [-0.2, 0) is 4.79 Å². The SMILES string of the molecule is CCCCCCCCCC(=O)N/N=C/C1CCCCC1. The molecule has 0 radical (unpaired) electrons. The van der Waals surface area contributed by atoms with Gasteiger partial charge in [-0.1, -0.05) is 64.7 Å². The minimum atomic E-state index is 0.0746. The van der Waals surface area contributed by atoms with Gasteiger partial charge in [-0.25, -0.2) is 5.43 Å². The van der Waals surface area contributed by atoms with Gasteiger partial charge in [-0.05, 0) is 25.2 Å². The van der Waals surface area contributed by atoms with Crippen LogP contribution in [0.25, 0.3) is 0 Å². The van der Waals surface area contributed by atoms with Crippen molar-refractivity contribution in [2.45, 2.75) is 90.4 Å². The molecule has 1 aliphatic carbocycles. The number of hydrazone groups is 1. The van der Waals surface area contributed by atoms with Gasteiger partial charge in [-0.15, -0.1) is 0 Å². The smallest absolute Gasteiger partial charge is 0.240 e. The maximum absolute atomic E-state index is 11.6. The highest BCUT2D eigenvalue weighted by Gasteiger charge is 2.10. The molecule has 0 bridgehead atoms. The first-order valence-corrected chi connectivity index (χ1v) is 8.65. The Bertz CT molecular complexity index is 270. The van der Waals surface area contributed by atoms with E-state index in [1.807, 2.05) is 6.21 Å². The van der Waals surface area contributed by atoms with E-state index in [0.29, 0.717) is 12.3 Å². The highest BCUT2D eigenvalue weighted by molar-refractivity contribution is 5.76. The van der Waals surface area contributed by atoms with Gasteiger partial charge >= 0.3 is 0 Å². The molecule has 0 heterocycles. The molecule has 1 amide bonds. The van der Waals surface area contributed by atoms with E-state index >= 15 is 0 Å². The number of unbranched alkanes of at least 4 members (excludes halogenated alkanes) is 6. The number of amides is 1. The second kappa shape index (κ2) is 11.9.